The highest BCUT2D eigenvalue weighted by atomic mass is 16.2. The van der Waals surface area contributed by atoms with E-state index in [2.05, 4.69) is 5.32 Å². The second-order valence-corrected chi connectivity index (χ2v) is 6.08. The molecule has 0 aliphatic heterocycles. The predicted octanol–water partition coefficient (Wildman–Crippen LogP) is 1.64. The number of primary amides is 1. The molecule has 3 N–H and O–H groups in total. The molecule has 2 aliphatic rings. The smallest absolute Gasteiger partial charge is 0.252 e. The van der Waals surface area contributed by atoms with Gasteiger partial charge in [-0.15, -0.1) is 0 Å². The first-order valence-electron chi connectivity index (χ1n) is 7.14. The molecule has 3 rings (SSSR count). The van der Waals surface area contributed by atoms with Crippen LogP contribution in [-0.2, 0) is 0 Å². The van der Waals surface area contributed by atoms with Gasteiger partial charge in [0.2, 0.25) is 5.91 Å². The Bertz CT molecular complexity index is 679. The van der Waals surface area contributed by atoms with Gasteiger partial charge in [-0.05, 0) is 56.2 Å². The first-order chi connectivity index (χ1) is 9.97. The van der Waals surface area contributed by atoms with Crippen LogP contribution in [0.25, 0.3) is 0 Å². The number of carbonyl (C=O) groups excluding carboxylic acids is 2. The Morgan fingerprint density at radius 3 is 2.52 bits per heavy atom. The van der Waals surface area contributed by atoms with Crippen molar-refractivity contribution in [3.8, 4) is 6.07 Å². The van der Waals surface area contributed by atoms with Crippen molar-refractivity contribution in [2.75, 3.05) is 0 Å². The molecule has 0 spiro atoms. The molecular formula is C16H17N3O2. The lowest BCUT2D eigenvalue weighted by Crippen LogP contribution is -2.39. The summed E-state index contributed by atoms with van der Waals surface area (Å²) in [5.41, 5.74) is 6.65. The van der Waals surface area contributed by atoms with Crippen LogP contribution in [0.15, 0.2) is 12.1 Å². The minimum atomic E-state index is -0.640. The zero-order valence-electron chi connectivity index (χ0n) is 11.9. The highest BCUT2D eigenvalue weighted by Crippen LogP contribution is 2.53. The Labute approximate surface area is 123 Å². The third-order valence-corrected chi connectivity index (χ3v) is 4.47. The van der Waals surface area contributed by atoms with Crippen LogP contribution in [0.2, 0.25) is 0 Å². The van der Waals surface area contributed by atoms with Gasteiger partial charge in [-0.3, -0.25) is 9.59 Å². The van der Waals surface area contributed by atoms with Crippen LogP contribution in [0.5, 0.6) is 0 Å². The van der Waals surface area contributed by atoms with Crippen molar-refractivity contribution in [3.05, 3.63) is 34.4 Å². The summed E-state index contributed by atoms with van der Waals surface area (Å²) in [5, 5.41) is 12.1. The van der Waals surface area contributed by atoms with Crippen LogP contribution in [0, 0.1) is 24.2 Å². The van der Waals surface area contributed by atoms with Crippen LogP contribution in [0.4, 0.5) is 0 Å². The van der Waals surface area contributed by atoms with E-state index in [4.69, 9.17) is 11.0 Å². The number of carbonyl (C=O) groups is 2. The molecule has 0 saturated heterocycles. The molecule has 5 nitrogen and oxygen atoms in total. The van der Waals surface area contributed by atoms with Crippen molar-refractivity contribution in [2.45, 2.75) is 38.1 Å². The van der Waals surface area contributed by atoms with Crippen LogP contribution in [-0.4, -0.2) is 17.4 Å². The molecule has 2 saturated carbocycles. The number of hydrogen-bond acceptors (Lipinski definition) is 3. The Kier molecular flexibility index (Phi) is 2.98. The number of benzene rings is 1. The van der Waals surface area contributed by atoms with Gasteiger partial charge < -0.3 is 11.1 Å². The lowest BCUT2D eigenvalue weighted by atomic mass is 9.97. The van der Waals surface area contributed by atoms with Crippen molar-refractivity contribution in [1.82, 2.24) is 5.32 Å². The molecule has 0 radical (unpaired) electrons. The van der Waals surface area contributed by atoms with Gasteiger partial charge in [0, 0.05) is 5.54 Å². The van der Waals surface area contributed by atoms with Crippen molar-refractivity contribution >= 4 is 11.8 Å². The molecule has 5 heteroatoms. The summed E-state index contributed by atoms with van der Waals surface area (Å²) in [6.45, 7) is 1.69. The summed E-state index contributed by atoms with van der Waals surface area (Å²) in [6.07, 6.45) is 4.29. The van der Waals surface area contributed by atoms with Crippen LogP contribution < -0.4 is 11.1 Å². The van der Waals surface area contributed by atoms with E-state index in [1.54, 1.807) is 13.0 Å². The van der Waals surface area contributed by atoms with Crippen molar-refractivity contribution in [2.24, 2.45) is 11.7 Å². The summed E-state index contributed by atoms with van der Waals surface area (Å²) < 4.78 is 0. The quantitative estimate of drug-likeness (QED) is 0.879. The Balaban J connectivity index is 1.96. The number of rotatable bonds is 4. The van der Waals surface area contributed by atoms with Gasteiger partial charge in [-0.1, -0.05) is 0 Å². The molecule has 21 heavy (non-hydrogen) atoms. The molecular weight excluding hydrogens is 266 g/mol. The fourth-order valence-corrected chi connectivity index (χ4v) is 3.06. The Morgan fingerprint density at radius 1 is 1.38 bits per heavy atom. The van der Waals surface area contributed by atoms with Gasteiger partial charge in [0.05, 0.1) is 22.8 Å². The number of hydrogen-bond donors (Lipinski definition) is 2. The second kappa shape index (κ2) is 4.59. The third kappa shape index (κ3) is 2.38. The zero-order chi connectivity index (χ0) is 15.2. The number of nitriles is 1. The minimum Gasteiger partial charge on any atom is -0.366 e. The molecule has 2 aliphatic carbocycles. The van der Waals surface area contributed by atoms with E-state index >= 15 is 0 Å². The molecule has 0 heterocycles. The number of nitrogens with zero attached hydrogens (tertiary/aromatic N) is 1. The van der Waals surface area contributed by atoms with Gasteiger partial charge in [0.1, 0.15) is 0 Å². The maximum absolute atomic E-state index is 12.5. The van der Waals surface area contributed by atoms with Gasteiger partial charge >= 0.3 is 0 Å². The number of nitrogens with two attached hydrogens (primary N) is 1. The lowest BCUT2D eigenvalue weighted by molar-refractivity contribution is 0.0912. The SMILES string of the molecule is Cc1cc(C#N)cc(C(=O)NC2(C3CC3)CC2)c1C(N)=O. The first kappa shape index (κ1) is 13.6. The monoisotopic (exact) mass is 283 g/mol. The minimum absolute atomic E-state index is 0.0808. The molecule has 0 unspecified atom stereocenters. The van der Waals surface area contributed by atoms with E-state index in [1.807, 2.05) is 6.07 Å². The average Bonchev–Trinajstić information content (AvgIpc) is 3.29. The Hall–Kier alpha value is -2.35. The van der Waals surface area contributed by atoms with E-state index in [1.165, 1.54) is 6.07 Å². The summed E-state index contributed by atoms with van der Waals surface area (Å²) in [7, 11) is 0. The molecule has 2 amide bonds. The predicted molar refractivity (Wildman–Crippen MR) is 76.6 cm³/mol. The maximum atomic E-state index is 12.5. The van der Waals surface area contributed by atoms with E-state index in [0.717, 1.165) is 25.7 Å². The molecule has 0 atom stereocenters. The molecule has 0 bridgehead atoms. The van der Waals surface area contributed by atoms with E-state index in [9.17, 15) is 9.59 Å². The van der Waals surface area contributed by atoms with Gasteiger partial charge in [-0.25, -0.2) is 0 Å². The summed E-state index contributed by atoms with van der Waals surface area (Å²) >= 11 is 0. The van der Waals surface area contributed by atoms with Crippen molar-refractivity contribution < 1.29 is 9.59 Å². The number of aryl methyl sites for hydroxylation is 1. The highest BCUT2D eigenvalue weighted by Gasteiger charge is 2.54. The number of amides is 2. The van der Waals surface area contributed by atoms with Crippen LogP contribution in [0.1, 0.15) is 57.5 Å². The Morgan fingerprint density at radius 2 is 2.05 bits per heavy atom. The fraction of sp³-hybridized carbons (Fsp3) is 0.438. The fourth-order valence-electron chi connectivity index (χ4n) is 3.06. The molecule has 1 aromatic rings. The second-order valence-electron chi connectivity index (χ2n) is 6.08. The summed E-state index contributed by atoms with van der Waals surface area (Å²) in [4.78, 5) is 24.2. The first-order valence-corrected chi connectivity index (χ1v) is 7.14. The van der Waals surface area contributed by atoms with Gasteiger partial charge in [0.25, 0.3) is 5.91 Å². The van der Waals surface area contributed by atoms with E-state index in [0.29, 0.717) is 17.0 Å². The van der Waals surface area contributed by atoms with Crippen molar-refractivity contribution in [3.63, 3.8) is 0 Å². The zero-order valence-corrected chi connectivity index (χ0v) is 11.9. The van der Waals surface area contributed by atoms with Gasteiger partial charge in [0.15, 0.2) is 0 Å². The molecule has 108 valence electrons. The maximum Gasteiger partial charge on any atom is 0.252 e. The number of nitrogens with one attached hydrogen (secondary N) is 1. The molecule has 0 aromatic heterocycles. The largest absolute Gasteiger partial charge is 0.366 e. The van der Waals surface area contributed by atoms with Crippen LogP contribution >= 0.6 is 0 Å². The lowest BCUT2D eigenvalue weighted by Gasteiger charge is -2.18. The summed E-state index contributed by atoms with van der Waals surface area (Å²) in [5.74, 6) is -0.370. The summed E-state index contributed by atoms with van der Waals surface area (Å²) in [6, 6.07) is 5.03. The van der Waals surface area contributed by atoms with E-state index < -0.39 is 5.91 Å². The topological polar surface area (TPSA) is 96.0 Å². The normalized spacial score (nSPS) is 18.7. The van der Waals surface area contributed by atoms with Gasteiger partial charge in [-0.2, -0.15) is 5.26 Å². The van der Waals surface area contributed by atoms with E-state index in [-0.39, 0.29) is 22.6 Å². The van der Waals surface area contributed by atoms with Crippen LogP contribution in [0.3, 0.4) is 0 Å². The molecule has 2 fully saturated rings. The highest BCUT2D eigenvalue weighted by molar-refractivity contribution is 6.08. The molecule has 1 aromatic carbocycles. The van der Waals surface area contributed by atoms with Crippen molar-refractivity contribution in [1.29, 1.82) is 5.26 Å². The standard InChI is InChI=1S/C16H17N3O2/c1-9-6-10(8-17)7-12(13(9)14(18)20)15(21)19-16(4-5-16)11-2-3-11/h6-7,11H,2-5H2,1H3,(H2,18,20)(H,19,21). The average molecular weight is 283 g/mol. The third-order valence-electron chi connectivity index (χ3n) is 4.47.